The molecule has 0 aromatic carbocycles. The summed E-state index contributed by atoms with van der Waals surface area (Å²) in [5.74, 6) is 0.126. The molecule has 0 fully saturated rings. The van der Waals surface area contributed by atoms with E-state index in [1.54, 1.807) is 23.9 Å². The summed E-state index contributed by atoms with van der Waals surface area (Å²) in [5, 5.41) is 2.69. The molecule has 0 spiro atoms. The lowest BCUT2D eigenvalue weighted by atomic mass is 10.4. The van der Waals surface area contributed by atoms with Gasteiger partial charge in [0, 0.05) is 17.7 Å². The lowest BCUT2D eigenvalue weighted by Crippen LogP contribution is -2.16. The number of carbonyl (C=O) groups excluding carboxylic acids is 1. The van der Waals surface area contributed by atoms with Crippen LogP contribution in [0.2, 0.25) is 0 Å². The normalized spacial score (nSPS) is 10.4. The highest BCUT2D eigenvalue weighted by Gasteiger charge is 2.14. The van der Waals surface area contributed by atoms with Gasteiger partial charge in [0.1, 0.15) is 14.9 Å². The molecule has 2 heterocycles. The largest absolute Gasteiger partial charge is 0.345 e. The zero-order valence-corrected chi connectivity index (χ0v) is 13.9. The number of carbonyl (C=O) groups is 1. The summed E-state index contributed by atoms with van der Waals surface area (Å²) in [5.41, 5.74) is 0.526. The number of hydrogen-bond donors (Lipinski definition) is 1. The molecule has 2 rings (SSSR count). The van der Waals surface area contributed by atoms with Crippen molar-refractivity contribution in [2.45, 2.75) is 0 Å². The van der Waals surface area contributed by atoms with Crippen molar-refractivity contribution in [2.24, 2.45) is 7.05 Å². The third kappa shape index (κ3) is 2.99. The van der Waals surface area contributed by atoms with Crippen LogP contribution in [0.5, 0.6) is 0 Å². The number of nitrogens with one attached hydrogen (secondary N) is 1. The molecule has 1 N–H and O–H groups in total. The van der Waals surface area contributed by atoms with Crippen LogP contribution in [0.3, 0.4) is 0 Å². The van der Waals surface area contributed by atoms with Crippen LogP contribution >= 0.6 is 47.8 Å². The molecule has 0 saturated heterocycles. The first kappa shape index (κ1) is 13.7. The maximum Gasteiger partial charge on any atom is 0.273 e. The Balaban J connectivity index is 2.24. The first-order chi connectivity index (χ1) is 8.47. The number of amides is 1. The number of anilines is 1. The smallest absolute Gasteiger partial charge is 0.273 e. The van der Waals surface area contributed by atoms with Crippen molar-refractivity contribution in [3.63, 3.8) is 0 Å². The van der Waals surface area contributed by atoms with E-state index in [4.69, 9.17) is 0 Å². The summed E-state index contributed by atoms with van der Waals surface area (Å²) in [6.45, 7) is 0. The molecule has 0 aliphatic heterocycles. The molecule has 94 valence electrons. The van der Waals surface area contributed by atoms with Crippen molar-refractivity contribution in [2.75, 3.05) is 5.32 Å². The quantitative estimate of drug-likeness (QED) is 0.782. The zero-order chi connectivity index (χ0) is 13.3. The Hall–Kier alpha value is -0.730. The van der Waals surface area contributed by atoms with Crippen molar-refractivity contribution in [3.8, 4) is 0 Å². The lowest BCUT2D eigenvalue weighted by molar-refractivity contribution is 0.101. The highest BCUT2D eigenvalue weighted by Crippen LogP contribution is 2.21. The SMILES string of the molecule is Cn1cc(Br)cc1C(=O)Nc1ncc(Br)nc1Br. The van der Waals surface area contributed by atoms with Crippen LogP contribution < -0.4 is 5.32 Å². The molecule has 0 saturated carbocycles. The molecule has 5 nitrogen and oxygen atoms in total. The Kier molecular flexibility index (Phi) is 4.18. The van der Waals surface area contributed by atoms with Gasteiger partial charge in [-0.05, 0) is 53.9 Å². The van der Waals surface area contributed by atoms with Gasteiger partial charge < -0.3 is 9.88 Å². The Bertz CT molecular complexity index is 611. The van der Waals surface area contributed by atoms with Gasteiger partial charge in [-0.1, -0.05) is 0 Å². The molecule has 8 heteroatoms. The van der Waals surface area contributed by atoms with Crippen LogP contribution in [0.4, 0.5) is 5.82 Å². The molecule has 2 aromatic rings. The summed E-state index contributed by atoms with van der Waals surface area (Å²) in [4.78, 5) is 20.2. The topological polar surface area (TPSA) is 59.8 Å². The number of rotatable bonds is 2. The fourth-order valence-electron chi connectivity index (χ4n) is 1.35. The summed E-state index contributed by atoms with van der Waals surface area (Å²) in [6.07, 6.45) is 3.32. The van der Waals surface area contributed by atoms with E-state index in [1.165, 1.54) is 6.20 Å². The van der Waals surface area contributed by atoms with E-state index < -0.39 is 0 Å². The van der Waals surface area contributed by atoms with Crippen molar-refractivity contribution in [1.82, 2.24) is 14.5 Å². The van der Waals surface area contributed by atoms with Gasteiger partial charge in [0.25, 0.3) is 5.91 Å². The van der Waals surface area contributed by atoms with E-state index >= 15 is 0 Å². The van der Waals surface area contributed by atoms with Gasteiger partial charge in [-0.25, -0.2) is 9.97 Å². The minimum Gasteiger partial charge on any atom is -0.345 e. The number of halogens is 3. The summed E-state index contributed by atoms with van der Waals surface area (Å²) in [7, 11) is 1.79. The number of hydrogen-bond acceptors (Lipinski definition) is 3. The van der Waals surface area contributed by atoms with Gasteiger partial charge in [0.15, 0.2) is 5.82 Å². The first-order valence-corrected chi connectivity index (χ1v) is 7.16. The lowest BCUT2D eigenvalue weighted by Gasteiger charge is -2.06. The molecule has 2 aromatic heterocycles. The van der Waals surface area contributed by atoms with Crippen molar-refractivity contribution < 1.29 is 4.79 Å². The molecule has 0 aliphatic carbocycles. The van der Waals surface area contributed by atoms with E-state index in [0.717, 1.165) is 4.47 Å². The second-order valence-electron chi connectivity index (χ2n) is 3.44. The van der Waals surface area contributed by atoms with Crippen LogP contribution in [0, 0.1) is 0 Å². The predicted octanol–water partition coefficient (Wildman–Crippen LogP) is 3.35. The molecule has 18 heavy (non-hydrogen) atoms. The van der Waals surface area contributed by atoms with Crippen molar-refractivity contribution in [1.29, 1.82) is 0 Å². The Labute approximate surface area is 128 Å². The van der Waals surface area contributed by atoms with Crippen LogP contribution in [0.25, 0.3) is 0 Å². The van der Waals surface area contributed by atoms with Gasteiger partial charge in [-0.3, -0.25) is 4.79 Å². The molecular weight excluding hydrogens is 432 g/mol. The van der Waals surface area contributed by atoms with Crippen LogP contribution in [-0.2, 0) is 7.05 Å². The highest BCUT2D eigenvalue weighted by molar-refractivity contribution is 9.11. The first-order valence-electron chi connectivity index (χ1n) is 4.78. The minimum atomic E-state index is -0.250. The van der Waals surface area contributed by atoms with Gasteiger partial charge in [-0.15, -0.1) is 0 Å². The van der Waals surface area contributed by atoms with Gasteiger partial charge in [0.05, 0.1) is 6.20 Å². The molecule has 0 radical (unpaired) electrons. The number of aromatic nitrogens is 3. The monoisotopic (exact) mass is 436 g/mol. The zero-order valence-electron chi connectivity index (χ0n) is 9.12. The predicted molar refractivity (Wildman–Crippen MR) is 78.5 cm³/mol. The summed E-state index contributed by atoms with van der Waals surface area (Å²) in [6, 6.07) is 1.73. The van der Waals surface area contributed by atoms with E-state index in [0.29, 0.717) is 20.7 Å². The fourth-order valence-corrected chi connectivity index (χ4v) is 2.79. The van der Waals surface area contributed by atoms with Crippen LogP contribution in [0.15, 0.2) is 32.1 Å². The average Bonchev–Trinajstić information content (AvgIpc) is 2.62. The maximum absolute atomic E-state index is 12.0. The third-order valence-electron chi connectivity index (χ3n) is 2.14. The minimum absolute atomic E-state index is 0.250. The second-order valence-corrected chi connectivity index (χ2v) is 5.92. The van der Waals surface area contributed by atoms with Gasteiger partial charge in [0.2, 0.25) is 0 Å². The van der Waals surface area contributed by atoms with Gasteiger partial charge >= 0.3 is 0 Å². The second kappa shape index (κ2) is 5.50. The molecule has 0 unspecified atom stereocenters. The molecule has 1 amide bonds. The number of aryl methyl sites for hydroxylation is 1. The fraction of sp³-hybridized carbons (Fsp3) is 0.100. The van der Waals surface area contributed by atoms with Gasteiger partial charge in [-0.2, -0.15) is 0 Å². The van der Waals surface area contributed by atoms with Crippen LogP contribution in [-0.4, -0.2) is 20.4 Å². The summed E-state index contributed by atoms with van der Waals surface area (Å²) >= 11 is 9.75. The van der Waals surface area contributed by atoms with Crippen LogP contribution in [0.1, 0.15) is 10.5 Å². The van der Waals surface area contributed by atoms with E-state index in [-0.39, 0.29) is 5.91 Å². The Morgan fingerprint density at radius 1 is 1.39 bits per heavy atom. The third-order valence-corrected chi connectivity index (χ3v) is 3.51. The summed E-state index contributed by atoms with van der Waals surface area (Å²) < 4.78 is 3.63. The van der Waals surface area contributed by atoms with E-state index in [1.807, 2.05) is 0 Å². The Morgan fingerprint density at radius 2 is 2.11 bits per heavy atom. The van der Waals surface area contributed by atoms with E-state index in [9.17, 15) is 4.79 Å². The highest BCUT2D eigenvalue weighted by atomic mass is 79.9. The standard InChI is InChI=1S/C10H7Br3N4O/c1-17-4-5(11)2-6(17)10(18)16-9-8(13)15-7(12)3-14-9/h2-4H,1H3,(H,14,16,18). The van der Waals surface area contributed by atoms with Crippen molar-refractivity contribution >= 4 is 59.5 Å². The molecule has 0 atom stereocenters. The molecule has 0 aliphatic rings. The molecular formula is C10H7Br3N4O. The Morgan fingerprint density at radius 3 is 2.67 bits per heavy atom. The number of nitrogens with zero attached hydrogens (tertiary/aromatic N) is 3. The van der Waals surface area contributed by atoms with E-state index in [2.05, 4.69) is 63.1 Å². The molecule has 0 bridgehead atoms. The van der Waals surface area contributed by atoms with Crippen molar-refractivity contribution in [3.05, 3.63) is 37.8 Å². The maximum atomic E-state index is 12.0. The average molecular weight is 439 g/mol.